The molecule has 0 atom stereocenters. The molecule has 6 heteroatoms. The molecule has 0 saturated heterocycles. The number of aliphatic carboxylic acids is 1. The Bertz CT molecular complexity index is 812. The zero-order chi connectivity index (χ0) is 18.9. The van der Waals surface area contributed by atoms with E-state index in [1.54, 1.807) is 12.1 Å². The summed E-state index contributed by atoms with van der Waals surface area (Å²) in [5.41, 5.74) is 1.35. The van der Waals surface area contributed by atoms with Gasteiger partial charge in [-0.15, -0.1) is 0 Å². The van der Waals surface area contributed by atoms with Crippen molar-refractivity contribution in [1.29, 1.82) is 0 Å². The van der Waals surface area contributed by atoms with Crippen LogP contribution in [0.15, 0.2) is 47.3 Å². The number of aryl methyl sites for hydroxylation is 2. The summed E-state index contributed by atoms with van der Waals surface area (Å²) in [6.07, 6.45) is 3.26. The standard InChI is InChI=1S/C20H24N2O4/c1-2-3-9-16-11-12-17(20(26)22(16)14-19(24)25)21-18(23)13-10-15-7-5-4-6-8-15/h4-8,11-12H,2-3,9-10,13-14H2,1H3,(H,21,23)(H,24,25). The molecule has 6 nitrogen and oxygen atoms in total. The average Bonchev–Trinajstić information content (AvgIpc) is 2.63. The van der Waals surface area contributed by atoms with Crippen LogP contribution in [0.25, 0.3) is 0 Å². The lowest BCUT2D eigenvalue weighted by atomic mass is 10.1. The van der Waals surface area contributed by atoms with E-state index in [0.717, 1.165) is 18.4 Å². The van der Waals surface area contributed by atoms with Gasteiger partial charge in [0.25, 0.3) is 5.56 Å². The van der Waals surface area contributed by atoms with Gasteiger partial charge in [0.2, 0.25) is 5.91 Å². The Hall–Kier alpha value is -2.89. The topological polar surface area (TPSA) is 88.4 Å². The highest BCUT2D eigenvalue weighted by Crippen LogP contribution is 2.09. The number of carbonyl (C=O) groups excluding carboxylic acids is 1. The van der Waals surface area contributed by atoms with Crippen molar-refractivity contribution in [1.82, 2.24) is 4.57 Å². The molecule has 1 amide bonds. The molecule has 0 saturated carbocycles. The first kappa shape index (κ1) is 19.4. The third-order valence-corrected chi connectivity index (χ3v) is 4.10. The second-order valence-corrected chi connectivity index (χ2v) is 6.16. The van der Waals surface area contributed by atoms with Crippen LogP contribution < -0.4 is 10.9 Å². The van der Waals surface area contributed by atoms with Crippen LogP contribution in [0.3, 0.4) is 0 Å². The molecule has 0 spiro atoms. The van der Waals surface area contributed by atoms with Gasteiger partial charge < -0.3 is 10.4 Å². The van der Waals surface area contributed by atoms with Gasteiger partial charge in [0.1, 0.15) is 12.2 Å². The zero-order valence-electron chi connectivity index (χ0n) is 14.9. The fourth-order valence-electron chi connectivity index (χ4n) is 2.71. The van der Waals surface area contributed by atoms with Gasteiger partial charge in [-0.1, -0.05) is 43.7 Å². The van der Waals surface area contributed by atoms with Gasteiger partial charge in [-0.25, -0.2) is 0 Å². The Morgan fingerprint density at radius 1 is 1.08 bits per heavy atom. The van der Waals surface area contributed by atoms with Gasteiger partial charge in [0, 0.05) is 12.1 Å². The molecule has 0 bridgehead atoms. The number of benzene rings is 1. The van der Waals surface area contributed by atoms with E-state index >= 15 is 0 Å². The van der Waals surface area contributed by atoms with Crippen LogP contribution in [0.5, 0.6) is 0 Å². The lowest BCUT2D eigenvalue weighted by molar-refractivity contribution is -0.137. The van der Waals surface area contributed by atoms with Gasteiger partial charge in [0.05, 0.1) is 0 Å². The number of rotatable bonds is 9. The van der Waals surface area contributed by atoms with Gasteiger partial charge in [-0.3, -0.25) is 19.0 Å². The summed E-state index contributed by atoms with van der Waals surface area (Å²) in [4.78, 5) is 35.8. The third-order valence-electron chi connectivity index (χ3n) is 4.10. The van der Waals surface area contributed by atoms with Gasteiger partial charge in [-0.2, -0.15) is 0 Å². The molecule has 2 rings (SSSR count). The predicted molar refractivity (Wildman–Crippen MR) is 100 cm³/mol. The Morgan fingerprint density at radius 2 is 1.81 bits per heavy atom. The number of carboxylic acids is 1. The number of unbranched alkanes of at least 4 members (excludes halogenated alkanes) is 1. The first-order chi connectivity index (χ1) is 12.5. The number of carboxylic acid groups (broad SMARTS) is 1. The van der Waals surface area contributed by atoms with Crippen molar-refractivity contribution in [3.05, 3.63) is 64.1 Å². The molecule has 0 radical (unpaired) electrons. The summed E-state index contributed by atoms with van der Waals surface area (Å²) >= 11 is 0. The molecule has 1 aromatic carbocycles. The molecular weight excluding hydrogens is 332 g/mol. The summed E-state index contributed by atoms with van der Waals surface area (Å²) in [6.45, 7) is 1.62. The van der Waals surface area contributed by atoms with Crippen LogP contribution in [-0.4, -0.2) is 21.6 Å². The quantitative estimate of drug-likeness (QED) is 0.723. The maximum Gasteiger partial charge on any atom is 0.323 e. The molecule has 2 N–H and O–H groups in total. The van der Waals surface area contributed by atoms with Crippen molar-refractivity contribution in [3.8, 4) is 0 Å². The maximum atomic E-state index is 12.6. The van der Waals surface area contributed by atoms with Crippen LogP contribution in [0.2, 0.25) is 0 Å². The van der Waals surface area contributed by atoms with Gasteiger partial charge >= 0.3 is 5.97 Å². The Kier molecular flexibility index (Phi) is 7.14. The number of hydrogen-bond acceptors (Lipinski definition) is 3. The average molecular weight is 356 g/mol. The molecule has 0 unspecified atom stereocenters. The minimum absolute atomic E-state index is 0.115. The van der Waals surface area contributed by atoms with Crippen LogP contribution in [0, 0.1) is 0 Å². The predicted octanol–water partition coefficient (Wildman–Crippen LogP) is 2.85. The van der Waals surface area contributed by atoms with E-state index in [2.05, 4.69) is 5.32 Å². The van der Waals surface area contributed by atoms with E-state index in [0.29, 0.717) is 18.5 Å². The largest absolute Gasteiger partial charge is 0.480 e. The number of aromatic nitrogens is 1. The molecule has 0 aliphatic heterocycles. The Morgan fingerprint density at radius 3 is 2.46 bits per heavy atom. The fourth-order valence-corrected chi connectivity index (χ4v) is 2.71. The molecule has 1 aromatic heterocycles. The highest BCUT2D eigenvalue weighted by molar-refractivity contribution is 5.90. The normalized spacial score (nSPS) is 10.5. The monoisotopic (exact) mass is 356 g/mol. The summed E-state index contributed by atoms with van der Waals surface area (Å²) in [7, 11) is 0. The first-order valence-electron chi connectivity index (χ1n) is 8.79. The van der Waals surface area contributed by atoms with Crippen LogP contribution in [0.1, 0.15) is 37.4 Å². The van der Waals surface area contributed by atoms with Crippen LogP contribution in [0.4, 0.5) is 5.69 Å². The molecule has 0 aliphatic rings. The minimum Gasteiger partial charge on any atom is -0.480 e. The van der Waals surface area contributed by atoms with Crippen molar-refractivity contribution >= 4 is 17.6 Å². The van der Waals surface area contributed by atoms with E-state index in [4.69, 9.17) is 5.11 Å². The van der Waals surface area contributed by atoms with E-state index in [9.17, 15) is 14.4 Å². The van der Waals surface area contributed by atoms with E-state index < -0.39 is 18.1 Å². The lowest BCUT2D eigenvalue weighted by Gasteiger charge is -2.13. The highest BCUT2D eigenvalue weighted by atomic mass is 16.4. The first-order valence-corrected chi connectivity index (χ1v) is 8.79. The number of nitrogens with one attached hydrogen (secondary N) is 1. The van der Waals surface area contributed by atoms with Crippen molar-refractivity contribution in [3.63, 3.8) is 0 Å². The summed E-state index contributed by atoms with van der Waals surface area (Å²) in [5, 5.41) is 11.7. The molecule has 138 valence electrons. The molecule has 26 heavy (non-hydrogen) atoms. The number of hydrogen-bond donors (Lipinski definition) is 2. The van der Waals surface area contributed by atoms with Crippen molar-refractivity contribution in [2.24, 2.45) is 0 Å². The molecule has 2 aromatic rings. The summed E-state index contributed by atoms with van der Waals surface area (Å²) in [5.74, 6) is -1.36. The fraction of sp³-hybridized carbons (Fsp3) is 0.350. The van der Waals surface area contributed by atoms with E-state index in [1.807, 2.05) is 37.3 Å². The second kappa shape index (κ2) is 9.56. The number of carbonyl (C=O) groups is 2. The van der Waals surface area contributed by atoms with Crippen molar-refractivity contribution in [2.75, 3.05) is 5.32 Å². The van der Waals surface area contributed by atoms with Crippen LogP contribution in [-0.2, 0) is 29.0 Å². The van der Waals surface area contributed by atoms with Gasteiger partial charge in [-0.05, 0) is 37.0 Å². The third kappa shape index (κ3) is 5.58. The number of nitrogens with zero attached hydrogens (tertiary/aromatic N) is 1. The van der Waals surface area contributed by atoms with E-state index in [1.165, 1.54) is 4.57 Å². The summed E-state index contributed by atoms with van der Waals surface area (Å²) in [6, 6.07) is 12.9. The summed E-state index contributed by atoms with van der Waals surface area (Å²) < 4.78 is 1.23. The molecular formula is C20H24N2O4. The van der Waals surface area contributed by atoms with Gasteiger partial charge in [0.15, 0.2) is 0 Å². The SMILES string of the molecule is CCCCc1ccc(NC(=O)CCc2ccccc2)c(=O)n1CC(=O)O. The zero-order valence-corrected chi connectivity index (χ0v) is 14.9. The lowest BCUT2D eigenvalue weighted by Crippen LogP contribution is -2.30. The Labute approximate surface area is 152 Å². The van der Waals surface area contributed by atoms with Crippen molar-refractivity contribution in [2.45, 2.75) is 45.6 Å². The minimum atomic E-state index is -1.09. The highest BCUT2D eigenvalue weighted by Gasteiger charge is 2.13. The Balaban J connectivity index is 2.11. The number of anilines is 1. The van der Waals surface area contributed by atoms with Crippen LogP contribution >= 0.6 is 0 Å². The molecule has 0 fully saturated rings. The number of amides is 1. The molecule has 1 heterocycles. The van der Waals surface area contributed by atoms with E-state index in [-0.39, 0.29) is 18.0 Å². The smallest absolute Gasteiger partial charge is 0.323 e. The second-order valence-electron chi connectivity index (χ2n) is 6.16. The maximum absolute atomic E-state index is 12.6. The number of pyridine rings is 1. The molecule has 0 aliphatic carbocycles. The van der Waals surface area contributed by atoms with Crippen molar-refractivity contribution < 1.29 is 14.7 Å².